The van der Waals surface area contributed by atoms with Crippen molar-refractivity contribution in [1.29, 1.82) is 0 Å². The van der Waals surface area contributed by atoms with E-state index in [0.29, 0.717) is 17.3 Å². The van der Waals surface area contributed by atoms with Crippen LogP contribution in [0.1, 0.15) is 30.0 Å². The van der Waals surface area contributed by atoms with Gasteiger partial charge in [-0.3, -0.25) is 4.31 Å². The molecule has 5 nitrogen and oxygen atoms in total. The maximum absolute atomic E-state index is 13.1. The van der Waals surface area contributed by atoms with Crippen molar-refractivity contribution in [3.8, 4) is 0 Å². The third-order valence-electron chi connectivity index (χ3n) is 4.64. The van der Waals surface area contributed by atoms with E-state index >= 15 is 0 Å². The summed E-state index contributed by atoms with van der Waals surface area (Å²) in [6, 6.07) is 12.4. The third-order valence-corrected chi connectivity index (χ3v) is 6.70. The van der Waals surface area contributed by atoms with Gasteiger partial charge in [0.1, 0.15) is 0 Å². The lowest BCUT2D eigenvalue weighted by Crippen LogP contribution is -2.26. The number of methoxy groups -OCH3 is 1. The van der Waals surface area contributed by atoms with Gasteiger partial charge in [-0.25, -0.2) is 8.42 Å². The Morgan fingerprint density at radius 1 is 1.15 bits per heavy atom. The molecule has 3 rings (SSSR count). The fourth-order valence-electron chi connectivity index (χ4n) is 3.27. The molecule has 2 aromatic rings. The topological polar surface area (TPSA) is 58.6 Å². The van der Waals surface area contributed by atoms with E-state index in [9.17, 15) is 8.42 Å². The summed E-state index contributed by atoms with van der Waals surface area (Å²) in [5.41, 5.74) is 2.33. The van der Waals surface area contributed by atoms with Crippen LogP contribution in [0.25, 0.3) is 0 Å². The minimum Gasteiger partial charge on any atom is -0.385 e. The van der Waals surface area contributed by atoms with Crippen molar-refractivity contribution in [2.24, 2.45) is 0 Å². The maximum atomic E-state index is 13.1. The molecule has 2 aromatic carbocycles. The largest absolute Gasteiger partial charge is 0.385 e. The van der Waals surface area contributed by atoms with Crippen molar-refractivity contribution in [2.75, 3.05) is 31.6 Å². The molecule has 0 aliphatic carbocycles. The number of unbranched alkanes of at least 4 members (excludes halogenated alkanes) is 1. The first kappa shape index (κ1) is 19.2. The zero-order valence-electron chi connectivity index (χ0n) is 14.9. The zero-order chi connectivity index (χ0) is 18.7. The van der Waals surface area contributed by atoms with Gasteiger partial charge < -0.3 is 10.1 Å². The number of fused-ring (bicyclic) bond motifs is 2. The number of halogens is 1. The van der Waals surface area contributed by atoms with E-state index in [0.717, 1.165) is 30.5 Å². The molecule has 1 atom stereocenters. The molecule has 1 N–H and O–H groups in total. The lowest BCUT2D eigenvalue weighted by Gasteiger charge is -2.22. The van der Waals surface area contributed by atoms with Crippen LogP contribution >= 0.6 is 11.6 Å². The minimum atomic E-state index is -3.68. The van der Waals surface area contributed by atoms with Gasteiger partial charge in [0.2, 0.25) is 0 Å². The number of nitrogens with zero attached hydrogens (tertiary/aromatic N) is 1. The van der Waals surface area contributed by atoms with Gasteiger partial charge in [0.15, 0.2) is 0 Å². The average molecular weight is 395 g/mol. The van der Waals surface area contributed by atoms with Crippen LogP contribution in [0, 0.1) is 0 Å². The summed E-state index contributed by atoms with van der Waals surface area (Å²) >= 11 is 6.11. The van der Waals surface area contributed by atoms with Crippen LogP contribution in [0.5, 0.6) is 0 Å². The van der Waals surface area contributed by atoms with E-state index in [1.165, 1.54) is 10.4 Å². The highest BCUT2D eigenvalue weighted by molar-refractivity contribution is 7.92. The first-order valence-electron chi connectivity index (χ1n) is 8.56. The Hall–Kier alpha value is -1.60. The molecule has 0 amide bonds. The third kappa shape index (κ3) is 3.60. The molecule has 1 aliphatic rings. The first-order chi connectivity index (χ1) is 12.5. The molecule has 0 radical (unpaired) electrons. The molecule has 26 heavy (non-hydrogen) atoms. The van der Waals surface area contributed by atoms with Gasteiger partial charge >= 0.3 is 0 Å². The first-order valence-corrected chi connectivity index (χ1v) is 10.4. The average Bonchev–Trinajstić information content (AvgIpc) is 2.70. The Morgan fingerprint density at radius 2 is 1.92 bits per heavy atom. The summed E-state index contributed by atoms with van der Waals surface area (Å²) < 4.78 is 32.7. The van der Waals surface area contributed by atoms with E-state index in [1.54, 1.807) is 26.3 Å². The summed E-state index contributed by atoms with van der Waals surface area (Å²) in [4.78, 5) is 0.248. The second-order valence-corrected chi connectivity index (χ2v) is 8.67. The summed E-state index contributed by atoms with van der Waals surface area (Å²) in [6.07, 6.45) is 1.89. The standard InChI is InChI=1S/C19H23ClN2O3S/c1-22-17-8-4-3-7-15(17)19(21-11-5-6-12-25-2)16-10-9-14(20)13-18(16)26(22,23)24/h3-4,7-10,13,19,21H,5-6,11-12H2,1-2H3. The quantitative estimate of drug-likeness (QED) is 0.761. The molecule has 1 heterocycles. The number of hydrogen-bond acceptors (Lipinski definition) is 4. The fraction of sp³-hybridized carbons (Fsp3) is 0.368. The molecular weight excluding hydrogens is 372 g/mol. The Morgan fingerprint density at radius 3 is 2.69 bits per heavy atom. The lowest BCUT2D eigenvalue weighted by molar-refractivity contribution is 0.192. The molecule has 0 saturated carbocycles. The van der Waals surface area contributed by atoms with Gasteiger partial charge in [-0.05, 0) is 48.7 Å². The van der Waals surface area contributed by atoms with Crippen LogP contribution < -0.4 is 9.62 Å². The molecule has 1 unspecified atom stereocenters. The van der Waals surface area contributed by atoms with Crippen LogP contribution in [-0.4, -0.2) is 35.7 Å². The van der Waals surface area contributed by atoms with Gasteiger partial charge in [0, 0.05) is 25.8 Å². The molecule has 0 fully saturated rings. The number of hydrogen-bond donors (Lipinski definition) is 1. The second-order valence-electron chi connectivity index (χ2n) is 6.30. The Bertz CT molecular complexity index is 886. The number of sulfonamides is 1. The monoisotopic (exact) mass is 394 g/mol. The van der Waals surface area contributed by atoms with Crippen LogP contribution in [0.4, 0.5) is 5.69 Å². The molecule has 0 aromatic heterocycles. The SMILES string of the molecule is COCCCCNC1c2ccccc2N(C)S(=O)(=O)c2cc(Cl)ccc21. The van der Waals surface area contributed by atoms with E-state index in [1.807, 2.05) is 24.3 Å². The molecule has 140 valence electrons. The van der Waals surface area contributed by atoms with Crippen LogP contribution in [0.15, 0.2) is 47.4 Å². The molecule has 7 heteroatoms. The molecule has 1 aliphatic heterocycles. The van der Waals surface area contributed by atoms with Crippen molar-refractivity contribution < 1.29 is 13.2 Å². The number of benzene rings is 2. The number of ether oxygens (including phenoxy) is 1. The highest BCUT2D eigenvalue weighted by Gasteiger charge is 2.34. The maximum Gasteiger partial charge on any atom is 0.264 e. The van der Waals surface area contributed by atoms with Crippen molar-refractivity contribution in [2.45, 2.75) is 23.8 Å². The van der Waals surface area contributed by atoms with E-state index in [4.69, 9.17) is 16.3 Å². The minimum absolute atomic E-state index is 0.222. The van der Waals surface area contributed by atoms with Gasteiger partial charge in [0.05, 0.1) is 16.6 Å². The number of nitrogens with one attached hydrogen (secondary N) is 1. The molecule has 0 bridgehead atoms. The number of rotatable bonds is 6. The van der Waals surface area contributed by atoms with Crippen molar-refractivity contribution in [1.82, 2.24) is 5.32 Å². The van der Waals surface area contributed by atoms with Crippen LogP contribution in [0.3, 0.4) is 0 Å². The fourth-order valence-corrected chi connectivity index (χ4v) is 4.99. The van der Waals surface area contributed by atoms with E-state index in [2.05, 4.69) is 5.32 Å². The second kappa shape index (κ2) is 7.96. The van der Waals surface area contributed by atoms with Crippen molar-refractivity contribution >= 4 is 27.3 Å². The van der Waals surface area contributed by atoms with Crippen molar-refractivity contribution in [3.05, 3.63) is 58.6 Å². The normalized spacial score (nSPS) is 18.1. The molecular formula is C19H23ClN2O3S. The smallest absolute Gasteiger partial charge is 0.264 e. The summed E-state index contributed by atoms with van der Waals surface area (Å²) in [5, 5.41) is 3.93. The van der Waals surface area contributed by atoms with Gasteiger partial charge in [-0.1, -0.05) is 35.9 Å². The van der Waals surface area contributed by atoms with E-state index < -0.39 is 10.0 Å². The summed E-state index contributed by atoms with van der Waals surface area (Å²) in [5.74, 6) is 0. The number of para-hydroxylation sites is 1. The highest BCUT2D eigenvalue weighted by atomic mass is 35.5. The summed E-state index contributed by atoms with van der Waals surface area (Å²) in [7, 11) is -0.403. The Labute approximate surface area is 160 Å². The number of anilines is 1. The van der Waals surface area contributed by atoms with Gasteiger partial charge in [-0.2, -0.15) is 0 Å². The summed E-state index contributed by atoms with van der Waals surface area (Å²) in [6.45, 7) is 1.47. The van der Waals surface area contributed by atoms with Crippen molar-refractivity contribution in [3.63, 3.8) is 0 Å². The predicted molar refractivity (Wildman–Crippen MR) is 104 cm³/mol. The van der Waals surface area contributed by atoms with Gasteiger partial charge in [-0.15, -0.1) is 0 Å². The Kier molecular flexibility index (Phi) is 5.87. The molecule has 0 saturated heterocycles. The van der Waals surface area contributed by atoms with Crippen LogP contribution in [0.2, 0.25) is 5.02 Å². The van der Waals surface area contributed by atoms with Gasteiger partial charge in [0.25, 0.3) is 10.0 Å². The van der Waals surface area contributed by atoms with Crippen LogP contribution in [-0.2, 0) is 14.8 Å². The predicted octanol–water partition coefficient (Wildman–Crippen LogP) is 3.58. The van der Waals surface area contributed by atoms with E-state index in [-0.39, 0.29) is 10.9 Å². The highest BCUT2D eigenvalue weighted by Crippen LogP contribution is 2.40. The lowest BCUT2D eigenvalue weighted by atomic mass is 9.96. The Balaban J connectivity index is 2.07. The zero-order valence-corrected chi connectivity index (χ0v) is 16.5. The molecule has 0 spiro atoms.